The van der Waals surface area contributed by atoms with Crippen LogP contribution >= 0.6 is 0 Å². The predicted molar refractivity (Wildman–Crippen MR) is 168 cm³/mol. The Labute approximate surface area is 244 Å². The van der Waals surface area contributed by atoms with Crippen molar-refractivity contribution in [2.75, 3.05) is 18.4 Å². The minimum Gasteiger partial charge on any atom is -0.329 e. The Balaban J connectivity index is 1.60. The summed E-state index contributed by atoms with van der Waals surface area (Å²) in [5, 5.41) is 7.98. The van der Waals surface area contributed by atoms with Gasteiger partial charge >= 0.3 is 0 Å². The lowest BCUT2D eigenvalue weighted by molar-refractivity contribution is -0.116. The fraction of sp³-hybridized carbons (Fsp3) is 0.343. The lowest BCUT2D eigenvalue weighted by Crippen LogP contribution is -2.39. The van der Waals surface area contributed by atoms with Crippen LogP contribution in [-0.2, 0) is 11.2 Å². The highest BCUT2D eigenvalue weighted by Crippen LogP contribution is 2.34. The molecule has 0 saturated heterocycles. The summed E-state index contributed by atoms with van der Waals surface area (Å²) < 4.78 is 1.81. The fourth-order valence-corrected chi connectivity index (χ4v) is 5.09. The average Bonchev–Trinajstić information content (AvgIpc) is 3.30. The Morgan fingerprint density at radius 2 is 1.51 bits per heavy atom. The van der Waals surface area contributed by atoms with E-state index in [-0.39, 0.29) is 18.4 Å². The van der Waals surface area contributed by atoms with E-state index in [1.807, 2.05) is 92.7 Å². The lowest BCUT2D eigenvalue weighted by Gasteiger charge is -2.23. The number of hydrogen-bond donors (Lipinski definition) is 1. The number of nitrogens with one attached hydrogen (secondary N) is 1. The second kappa shape index (κ2) is 14.4. The van der Waals surface area contributed by atoms with Crippen molar-refractivity contribution < 1.29 is 9.59 Å². The molecule has 3 aromatic carbocycles. The number of anilines is 1. The van der Waals surface area contributed by atoms with Gasteiger partial charge in [0.2, 0.25) is 5.91 Å². The Morgan fingerprint density at radius 3 is 2.20 bits per heavy atom. The molecule has 2 amide bonds. The van der Waals surface area contributed by atoms with Gasteiger partial charge in [-0.25, -0.2) is 4.68 Å². The van der Waals surface area contributed by atoms with Crippen LogP contribution in [0.1, 0.15) is 73.1 Å². The number of rotatable bonds is 13. The Hall–Kier alpha value is -4.19. The molecular weight excluding hydrogens is 508 g/mol. The van der Waals surface area contributed by atoms with Gasteiger partial charge in [0.15, 0.2) is 0 Å². The van der Waals surface area contributed by atoms with Gasteiger partial charge in [-0.05, 0) is 68.0 Å². The van der Waals surface area contributed by atoms with Crippen LogP contribution in [0.4, 0.5) is 5.82 Å². The molecule has 1 N–H and O–H groups in total. The summed E-state index contributed by atoms with van der Waals surface area (Å²) in [5.41, 5.74) is 6.44. The number of aromatic nitrogens is 2. The van der Waals surface area contributed by atoms with Crippen LogP contribution in [-0.4, -0.2) is 39.6 Å². The summed E-state index contributed by atoms with van der Waals surface area (Å²) in [6.07, 6.45) is 6.30. The highest BCUT2D eigenvalue weighted by molar-refractivity contribution is 6.01. The first kappa shape index (κ1) is 29.8. The van der Waals surface area contributed by atoms with Gasteiger partial charge in [-0.3, -0.25) is 9.59 Å². The Morgan fingerprint density at radius 1 is 0.829 bits per heavy atom. The molecule has 4 aromatic rings. The van der Waals surface area contributed by atoms with E-state index in [0.29, 0.717) is 17.9 Å². The summed E-state index contributed by atoms with van der Waals surface area (Å²) in [6.45, 7) is 8.74. The minimum atomic E-state index is -0.252. The molecule has 4 rings (SSSR count). The molecule has 6 nitrogen and oxygen atoms in total. The number of aryl methyl sites for hydroxylation is 3. The maximum absolute atomic E-state index is 13.6. The second-order valence-corrected chi connectivity index (χ2v) is 10.7. The van der Waals surface area contributed by atoms with E-state index >= 15 is 0 Å². The molecule has 0 aliphatic carbocycles. The van der Waals surface area contributed by atoms with E-state index in [4.69, 9.17) is 5.10 Å². The predicted octanol–water partition coefficient (Wildman–Crippen LogP) is 7.77. The third-order valence-corrected chi connectivity index (χ3v) is 7.40. The number of amides is 2. The van der Waals surface area contributed by atoms with Crippen LogP contribution in [0.2, 0.25) is 0 Å². The molecule has 41 heavy (non-hydrogen) atoms. The SMILES string of the molecule is CCCCCc1ccc(C(=O)N(CCCC)CC(=O)Nc2c(-c3ccccc3)c(C)nn2-c2ccccc2C)cc1. The van der Waals surface area contributed by atoms with Crippen LogP contribution in [0.3, 0.4) is 0 Å². The highest BCUT2D eigenvalue weighted by atomic mass is 16.2. The van der Waals surface area contributed by atoms with E-state index in [9.17, 15) is 9.59 Å². The molecule has 0 unspecified atom stereocenters. The van der Waals surface area contributed by atoms with Crippen molar-refractivity contribution in [2.45, 2.75) is 66.2 Å². The van der Waals surface area contributed by atoms with Crippen LogP contribution < -0.4 is 5.32 Å². The van der Waals surface area contributed by atoms with E-state index in [1.165, 1.54) is 18.4 Å². The molecule has 214 valence electrons. The molecule has 1 heterocycles. The molecule has 0 aliphatic heterocycles. The molecule has 0 saturated carbocycles. The summed E-state index contributed by atoms with van der Waals surface area (Å²) >= 11 is 0. The largest absolute Gasteiger partial charge is 0.329 e. The van der Waals surface area contributed by atoms with Gasteiger partial charge < -0.3 is 10.2 Å². The van der Waals surface area contributed by atoms with Crippen molar-refractivity contribution in [3.63, 3.8) is 0 Å². The highest BCUT2D eigenvalue weighted by Gasteiger charge is 2.24. The van der Waals surface area contributed by atoms with Gasteiger partial charge in [-0.15, -0.1) is 0 Å². The number of carbonyl (C=O) groups excluding carboxylic acids is 2. The number of carbonyl (C=O) groups is 2. The third-order valence-electron chi connectivity index (χ3n) is 7.40. The maximum atomic E-state index is 13.6. The van der Waals surface area contributed by atoms with Gasteiger partial charge in [-0.2, -0.15) is 5.10 Å². The second-order valence-electron chi connectivity index (χ2n) is 10.7. The molecule has 0 fully saturated rings. The first-order chi connectivity index (χ1) is 19.9. The molecule has 0 aliphatic rings. The third kappa shape index (κ3) is 7.51. The maximum Gasteiger partial charge on any atom is 0.254 e. The molecule has 0 spiro atoms. The number of benzene rings is 3. The summed E-state index contributed by atoms with van der Waals surface area (Å²) in [7, 11) is 0. The molecule has 0 bridgehead atoms. The first-order valence-electron chi connectivity index (χ1n) is 14.8. The molecule has 0 radical (unpaired) electrons. The van der Waals surface area contributed by atoms with Crippen LogP contribution in [0.25, 0.3) is 16.8 Å². The van der Waals surface area contributed by atoms with Crippen molar-refractivity contribution in [2.24, 2.45) is 0 Å². The standard InChI is InChI=1S/C35H42N4O2/c1-5-7-10-16-28-20-22-30(23-21-28)35(41)38(24-8-6-2)25-32(40)36-34-33(29-17-11-9-12-18-29)27(4)37-39(34)31-19-14-13-15-26(31)3/h9,11-15,17-23H,5-8,10,16,24-25H2,1-4H3,(H,36,40). The zero-order valence-corrected chi connectivity index (χ0v) is 24.8. The summed E-state index contributed by atoms with van der Waals surface area (Å²) in [4.78, 5) is 28.9. The van der Waals surface area contributed by atoms with Gasteiger partial charge in [0, 0.05) is 17.7 Å². The van der Waals surface area contributed by atoms with Crippen LogP contribution in [0.5, 0.6) is 0 Å². The monoisotopic (exact) mass is 550 g/mol. The Kier molecular flexibility index (Phi) is 10.5. The van der Waals surface area contributed by atoms with E-state index < -0.39 is 0 Å². The normalized spacial score (nSPS) is 10.9. The van der Waals surface area contributed by atoms with Gasteiger partial charge in [0.1, 0.15) is 12.4 Å². The van der Waals surface area contributed by atoms with Crippen molar-refractivity contribution in [3.05, 3.63) is 101 Å². The van der Waals surface area contributed by atoms with Gasteiger partial charge in [0.05, 0.1) is 11.4 Å². The van der Waals surface area contributed by atoms with Crippen molar-refractivity contribution in [1.82, 2.24) is 14.7 Å². The van der Waals surface area contributed by atoms with Crippen molar-refractivity contribution in [3.8, 4) is 16.8 Å². The lowest BCUT2D eigenvalue weighted by atomic mass is 10.0. The number of unbranched alkanes of at least 4 members (excludes halogenated alkanes) is 3. The number of hydrogen-bond acceptors (Lipinski definition) is 3. The van der Waals surface area contributed by atoms with Gasteiger partial charge in [0.25, 0.3) is 5.91 Å². The quantitative estimate of drug-likeness (QED) is 0.173. The Bertz CT molecular complexity index is 1440. The van der Waals surface area contributed by atoms with E-state index in [1.54, 1.807) is 9.58 Å². The topological polar surface area (TPSA) is 67.2 Å². The minimum absolute atomic E-state index is 0.0384. The zero-order chi connectivity index (χ0) is 29.2. The summed E-state index contributed by atoms with van der Waals surface area (Å²) in [6, 6.07) is 25.8. The fourth-order valence-electron chi connectivity index (χ4n) is 5.09. The molecular formula is C35H42N4O2. The average molecular weight is 551 g/mol. The smallest absolute Gasteiger partial charge is 0.254 e. The summed E-state index contributed by atoms with van der Waals surface area (Å²) in [5.74, 6) is 0.227. The molecule has 1 aromatic heterocycles. The van der Waals surface area contributed by atoms with Crippen LogP contribution in [0, 0.1) is 13.8 Å². The molecule has 6 heteroatoms. The van der Waals surface area contributed by atoms with Crippen molar-refractivity contribution >= 4 is 17.6 Å². The van der Waals surface area contributed by atoms with Crippen LogP contribution in [0.15, 0.2) is 78.9 Å². The number of para-hydroxylation sites is 1. The molecule has 0 atom stereocenters. The number of nitrogens with zero attached hydrogens (tertiary/aromatic N) is 3. The van der Waals surface area contributed by atoms with E-state index in [2.05, 4.69) is 19.2 Å². The van der Waals surface area contributed by atoms with Crippen molar-refractivity contribution in [1.29, 1.82) is 0 Å². The van der Waals surface area contributed by atoms with Gasteiger partial charge in [-0.1, -0.05) is 93.8 Å². The van der Waals surface area contributed by atoms with E-state index in [0.717, 1.165) is 53.8 Å². The first-order valence-corrected chi connectivity index (χ1v) is 14.8. The zero-order valence-electron chi connectivity index (χ0n) is 24.8.